The largest absolute Gasteiger partial charge is 0.491 e. The number of aliphatic hydroxyl groups excluding tert-OH is 2. The van der Waals surface area contributed by atoms with Crippen LogP contribution in [0.25, 0.3) is 0 Å². The molecule has 0 aliphatic heterocycles. The summed E-state index contributed by atoms with van der Waals surface area (Å²) in [5.41, 5.74) is 0.777. The monoisotopic (exact) mass is 314 g/mol. The highest BCUT2D eigenvalue weighted by Crippen LogP contribution is 2.26. The summed E-state index contributed by atoms with van der Waals surface area (Å²) >= 11 is 3.82. The van der Waals surface area contributed by atoms with Crippen LogP contribution in [-0.4, -0.2) is 41.8 Å². The highest BCUT2D eigenvalue weighted by atomic mass is 32.1. The Morgan fingerprint density at radius 2 is 1.95 bits per heavy atom. The van der Waals surface area contributed by atoms with Gasteiger partial charge in [0.05, 0.1) is 25.1 Å². The van der Waals surface area contributed by atoms with E-state index in [4.69, 9.17) is 14.6 Å². The molecule has 0 heterocycles. The lowest BCUT2D eigenvalue weighted by Gasteiger charge is -2.19. The van der Waals surface area contributed by atoms with Crippen LogP contribution in [0.3, 0.4) is 0 Å². The average molecular weight is 314 g/mol. The summed E-state index contributed by atoms with van der Waals surface area (Å²) in [6, 6.07) is 7.07. The SMILES string of the molecule is C[C@H](CCOC(=O)CS)[C@@H](O)c1ccc(OCCO)cc1. The molecule has 0 radical (unpaired) electrons. The third-order valence-corrected chi connectivity index (χ3v) is 3.34. The van der Waals surface area contributed by atoms with E-state index in [0.717, 1.165) is 5.56 Å². The second-order valence-corrected chi connectivity index (χ2v) is 5.05. The van der Waals surface area contributed by atoms with Crippen molar-refractivity contribution in [3.05, 3.63) is 29.8 Å². The number of carbonyl (C=O) groups excluding carboxylic acids is 1. The molecule has 1 aromatic carbocycles. The molecule has 5 nitrogen and oxygen atoms in total. The fourth-order valence-electron chi connectivity index (χ4n) is 1.82. The smallest absolute Gasteiger partial charge is 0.315 e. The van der Waals surface area contributed by atoms with E-state index in [2.05, 4.69) is 12.6 Å². The zero-order valence-electron chi connectivity index (χ0n) is 12.1. The van der Waals surface area contributed by atoms with Crippen molar-refractivity contribution in [3.8, 4) is 5.75 Å². The summed E-state index contributed by atoms with van der Waals surface area (Å²) in [7, 11) is 0. The van der Waals surface area contributed by atoms with Gasteiger partial charge in [-0.1, -0.05) is 19.1 Å². The standard InChI is InChI=1S/C15H22O5S/c1-11(6-8-20-14(17)10-21)15(18)12-2-4-13(5-3-12)19-9-7-16/h2-5,11,15-16,18,21H,6-10H2,1H3/t11-,15-/m1/s1. The van der Waals surface area contributed by atoms with Crippen molar-refractivity contribution in [1.29, 1.82) is 0 Å². The number of hydrogen-bond acceptors (Lipinski definition) is 6. The lowest BCUT2D eigenvalue weighted by atomic mass is 9.95. The van der Waals surface area contributed by atoms with E-state index in [1.54, 1.807) is 24.3 Å². The van der Waals surface area contributed by atoms with E-state index in [1.807, 2.05) is 6.92 Å². The lowest BCUT2D eigenvalue weighted by Crippen LogP contribution is -2.14. The van der Waals surface area contributed by atoms with Gasteiger partial charge in [0, 0.05) is 0 Å². The summed E-state index contributed by atoms with van der Waals surface area (Å²) in [5.74, 6) is 0.314. The summed E-state index contributed by atoms with van der Waals surface area (Å²) in [4.78, 5) is 11.0. The van der Waals surface area contributed by atoms with Gasteiger partial charge in [0.15, 0.2) is 0 Å². The third kappa shape index (κ3) is 6.37. The molecule has 0 aliphatic carbocycles. The quantitative estimate of drug-likeness (QED) is 0.477. The van der Waals surface area contributed by atoms with Gasteiger partial charge in [-0.2, -0.15) is 12.6 Å². The van der Waals surface area contributed by atoms with Crippen LogP contribution < -0.4 is 4.74 Å². The fraction of sp³-hybridized carbons (Fsp3) is 0.533. The van der Waals surface area contributed by atoms with E-state index in [0.29, 0.717) is 12.2 Å². The molecule has 0 saturated heterocycles. The molecule has 0 aromatic heterocycles. The van der Waals surface area contributed by atoms with Gasteiger partial charge in [-0.05, 0) is 30.0 Å². The van der Waals surface area contributed by atoms with Crippen molar-refractivity contribution in [2.45, 2.75) is 19.4 Å². The molecule has 0 aliphatic rings. The molecule has 0 unspecified atom stereocenters. The first-order chi connectivity index (χ1) is 10.1. The van der Waals surface area contributed by atoms with Gasteiger partial charge in [-0.3, -0.25) is 4.79 Å². The lowest BCUT2D eigenvalue weighted by molar-refractivity contribution is -0.141. The molecule has 0 spiro atoms. The van der Waals surface area contributed by atoms with Gasteiger partial charge in [-0.25, -0.2) is 0 Å². The molecule has 0 saturated carbocycles. The van der Waals surface area contributed by atoms with Gasteiger partial charge in [-0.15, -0.1) is 0 Å². The predicted octanol–water partition coefficient (Wildman–Crippen LogP) is 1.59. The number of thiol groups is 1. The van der Waals surface area contributed by atoms with Crippen LogP contribution in [0.1, 0.15) is 25.0 Å². The predicted molar refractivity (Wildman–Crippen MR) is 82.6 cm³/mol. The van der Waals surface area contributed by atoms with E-state index < -0.39 is 6.10 Å². The second kappa shape index (κ2) is 9.65. The Kier molecular flexibility index (Phi) is 8.19. The topological polar surface area (TPSA) is 76.0 Å². The number of benzene rings is 1. The van der Waals surface area contributed by atoms with E-state index in [9.17, 15) is 9.90 Å². The molecule has 1 rings (SSSR count). The maximum absolute atomic E-state index is 11.0. The highest BCUT2D eigenvalue weighted by Gasteiger charge is 2.17. The molecule has 21 heavy (non-hydrogen) atoms. The van der Waals surface area contributed by atoms with Crippen LogP contribution in [0, 0.1) is 5.92 Å². The van der Waals surface area contributed by atoms with Crippen LogP contribution in [-0.2, 0) is 9.53 Å². The average Bonchev–Trinajstić information content (AvgIpc) is 2.52. The molecule has 2 atom stereocenters. The maximum Gasteiger partial charge on any atom is 0.315 e. The van der Waals surface area contributed by atoms with Crippen molar-refractivity contribution in [2.24, 2.45) is 5.92 Å². The van der Waals surface area contributed by atoms with E-state index in [1.165, 1.54) is 0 Å². The normalized spacial score (nSPS) is 13.5. The van der Waals surface area contributed by atoms with Gasteiger partial charge in [0.2, 0.25) is 0 Å². The van der Waals surface area contributed by atoms with Crippen molar-refractivity contribution in [2.75, 3.05) is 25.6 Å². The fourth-order valence-corrected chi connectivity index (χ4v) is 1.91. The van der Waals surface area contributed by atoms with Crippen LogP contribution >= 0.6 is 12.6 Å². The Labute approximate surface area is 130 Å². The van der Waals surface area contributed by atoms with E-state index in [-0.39, 0.29) is 37.5 Å². The molecular formula is C15H22O5S. The molecule has 6 heteroatoms. The minimum absolute atomic E-state index is 0.0353. The number of rotatable bonds is 9. The molecule has 0 amide bonds. The maximum atomic E-state index is 11.0. The van der Waals surface area contributed by atoms with Gasteiger partial charge >= 0.3 is 5.97 Å². The minimum Gasteiger partial charge on any atom is -0.491 e. The van der Waals surface area contributed by atoms with Gasteiger partial charge in [0.1, 0.15) is 12.4 Å². The van der Waals surface area contributed by atoms with Crippen LogP contribution in [0.2, 0.25) is 0 Å². The van der Waals surface area contributed by atoms with Gasteiger partial charge < -0.3 is 19.7 Å². The Balaban J connectivity index is 2.45. The van der Waals surface area contributed by atoms with Crippen molar-refractivity contribution in [1.82, 2.24) is 0 Å². The molecule has 1 aromatic rings. The second-order valence-electron chi connectivity index (χ2n) is 4.73. The minimum atomic E-state index is -0.633. The van der Waals surface area contributed by atoms with Crippen molar-refractivity contribution in [3.63, 3.8) is 0 Å². The van der Waals surface area contributed by atoms with Crippen molar-refractivity contribution < 1.29 is 24.5 Å². The Bertz CT molecular complexity index is 421. The van der Waals surface area contributed by atoms with Crippen LogP contribution in [0.15, 0.2) is 24.3 Å². The summed E-state index contributed by atoms with van der Waals surface area (Å²) in [5, 5.41) is 18.9. The molecule has 118 valence electrons. The number of carbonyl (C=O) groups is 1. The molecular weight excluding hydrogens is 292 g/mol. The molecule has 0 fully saturated rings. The van der Waals surface area contributed by atoms with Crippen molar-refractivity contribution >= 4 is 18.6 Å². The number of aliphatic hydroxyl groups is 2. The van der Waals surface area contributed by atoms with E-state index >= 15 is 0 Å². The zero-order valence-corrected chi connectivity index (χ0v) is 13.0. The summed E-state index contributed by atoms with van der Waals surface area (Å²) < 4.78 is 10.2. The first-order valence-electron chi connectivity index (χ1n) is 6.86. The number of ether oxygens (including phenoxy) is 2. The summed E-state index contributed by atoms with van der Waals surface area (Å²) in [6.45, 7) is 2.38. The molecule has 2 N–H and O–H groups in total. The Morgan fingerprint density at radius 1 is 1.29 bits per heavy atom. The summed E-state index contributed by atoms with van der Waals surface area (Å²) in [6.07, 6.45) is -0.0599. The third-order valence-electron chi connectivity index (χ3n) is 3.09. The first-order valence-corrected chi connectivity index (χ1v) is 7.50. The number of hydrogen-bond donors (Lipinski definition) is 3. The Morgan fingerprint density at radius 3 is 2.52 bits per heavy atom. The van der Waals surface area contributed by atoms with Crippen LogP contribution in [0.5, 0.6) is 5.75 Å². The highest BCUT2D eigenvalue weighted by molar-refractivity contribution is 7.81. The van der Waals surface area contributed by atoms with Crippen LogP contribution in [0.4, 0.5) is 0 Å². The molecule has 0 bridgehead atoms. The first kappa shape index (κ1) is 17.8. The Hall–Kier alpha value is -1.24. The van der Waals surface area contributed by atoms with Gasteiger partial charge in [0.25, 0.3) is 0 Å². The number of esters is 1. The zero-order chi connectivity index (χ0) is 15.7.